The van der Waals surface area contributed by atoms with Crippen LogP contribution in [0.5, 0.6) is 5.75 Å². The second kappa shape index (κ2) is 7.72. The van der Waals surface area contributed by atoms with Gasteiger partial charge in [0, 0.05) is 25.1 Å². The first-order chi connectivity index (χ1) is 13.6. The van der Waals surface area contributed by atoms with Gasteiger partial charge in [-0.3, -0.25) is 4.79 Å². The van der Waals surface area contributed by atoms with Gasteiger partial charge in [0.2, 0.25) is 0 Å². The number of phenols is 1. The molecule has 1 aliphatic rings. The average Bonchev–Trinajstić information content (AvgIpc) is 3.08. The number of nitrogens with one attached hydrogen (secondary N) is 1. The molecule has 7 nitrogen and oxygen atoms in total. The van der Waals surface area contributed by atoms with Crippen LogP contribution in [0.25, 0.3) is 5.69 Å². The Morgan fingerprint density at radius 3 is 2.57 bits per heavy atom. The fourth-order valence-corrected chi connectivity index (χ4v) is 3.73. The molecule has 1 amide bonds. The fraction of sp³-hybridized carbons (Fsp3) is 0.286. The molecule has 0 bridgehead atoms. The SMILES string of the molecule is O=C(c1cccc(O)c1)N1CCC(Cc2n[nH]c(=O)n2-c2ccccc2)CC1. The lowest BCUT2D eigenvalue weighted by atomic mass is 9.92. The molecule has 1 aliphatic heterocycles. The predicted octanol–water partition coefficient (Wildman–Crippen LogP) is 2.36. The van der Waals surface area contributed by atoms with Crippen LogP contribution in [0.2, 0.25) is 0 Å². The lowest BCUT2D eigenvalue weighted by Gasteiger charge is -2.32. The number of aromatic hydroxyl groups is 1. The molecule has 1 saturated heterocycles. The maximum atomic E-state index is 12.6. The van der Waals surface area contributed by atoms with Crippen molar-refractivity contribution >= 4 is 5.91 Å². The molecule has 0 saturated carbocycles. The Hall–Kier alpha value is -3.35. The summed E-state index contributed by atoms with van der Waals surface area (Å²) in [5, 5.41) is 16.3. The molecule has 0 aliphatic carbocycles. The number of nitrogens with zero attached hydrogens (tertiary/aromatic N) is 3. The molecule has 0 atom stereocenters. The van der Waals surface area contributed by atoms with Gasteiger partial charge >= 0.3 is 5.69 Å². The van der Waals surface area contributed by atoms with Gasteiger partial charge in [-0.1, -0.05) is 24.3 Å². The number of likely N-dealkylation sites (tertiary alicyclic amines) is 1. The molecular weight excluding hydrogens is 356 g/mol. The molecular formula is C21H22N4O3. The van der Waals surface area contributed by atoms with Crippen LogP contribution in [0.15, 0.2) is 59.4 Å². The van der Waals surface area contributed by atoms with Gasteiger partial charge in [-0.15, -0.1) is 0 Å². The predicted molar refractivity (Wildman–Crippen MR) is 105 cm³/mol. The Morgan fingerprint density at radius 1 is 1.11 bits per heavy atom. The minimum Gasteiger partial charge on any atom is -0.508 e. The molecule has 1 fully saturated rings. The van der Waals surface area contributed by atoms with Crippen LogP contribution in [0, 0.1) is 5.92 Å². The van der Waals surface area contributed by atoms with Crippen molar-refractivity contribution in [2.45, 2.75) is 19.3 Å². The highest BCUT2D eigenvalue weighted by Crippen LogP contribution is 2.23. The molecule has 2 aromatic carbocycles. The molecule has 3 aromatic rings. The van der Waals surface area contributed by atoms with E-state index in [-0.39, 0.29) is 17.3 Å². The van der Waals surface area contributed by atoms with E-state index >= 15 is 0 Å². The van der Waals surface area contributed by atoms with Gasteiger partial charge in [-0.05, 0) is 49.1 Å². The van der Waals surface area contributed by atoms with Gasteiger partial charge in [0.25, 0.3) is 5.91 Å². The van der Waals surface area contributed by atoms with Gasteiger partial charge in [-0.2, -0.15) is 5.10 Å². The van der Waals surface area contributed by atoms with Crippen LogP contribution in [0.3, 0.4) is 0 Å². The summed E-state index contributed by atoms with van der Waals surface area (Å²) in [5.74, 6) is 1.10. The number of phenolic OH excluding ortho intramolecular Hbond substituents is 1. The zero-order valence-corrected chi connectivity index (χ0v) is 15.4. The lowest BCUT2D eigenvalue weighted by Crippen LogP contribution is -2.39. The number of amides is 1. The summed E-state index contributed by atoms with van der Waals surface area (Å²) >= 11 is 0. The maximum absolute atomic E-state index is 12.6. The first kappa shape index (κ1) is 18.0. The second-order valence-electron chi connectivity index (χ2n) is 7.11. The van der Waals surface area contributed by atoms with E-state index in [1.807, 2.05) is 35.2 Å². The second-order valence-corrected chi connectivity index (χ2v) is 7.11. The van der Waals surface area contributed by atoms with E-state index in [0.717, 1.165) is 18.5 Å². The number of benzene rings is 2. The van der Waals surface area contributed by atoms with Gasteiger partial charge in [0.1, 0.15) is 11.6 Å². The van der Waals surface area contributed by atoms with Crippen molar-refractivity contribution in [1.29, 1.82) is 0 Å². The quantitative estimate of drug-likeness (QED) is 0.729. The van der Waals surface area contributed by atoms with Gasteiger partial charge in [0.15, 0.2) is 0 Å². The summed E-state index contributed by atoms with van der Waals surface area (Å²) in [6.45, 7) is 1.30. The van der Waals surface area contributed by atoms with Crippen molar-refractivity contribution in [3.8, 4) is 11.4 Å². The number of carbonyl (C=O) groups is 1. The van der Waals surface area contributed by atoms with Gasteiger partial charge < -0.3 is 10.0 Å². The van der Waals surface area contributed by atoms with E-state index in [0.29, 0.717) is 36.8 Å². The molecule has 0 radical (unpaired) electrons. The zero-order chi connectivity index (χ0) is 19.5. The highest BCUT2D eigenvalue weighted by molar-refractivity contribution is 5.94. The average molecular weight is 378 g/mol. The van der Waals surface area contributed by atoms with Crippen LogP contribution in [0.1, 0.15) is 29.0 Å². The third-order valence-electron chi connectivity index (χ3n) is 5.22. The zero-order valence-electron chi connectivity index (χ0n) is 15.4. The Labute approximate surface area is 162 Å². The highest BCUT2D eigenvalue weighted by Gasteiger charge is 2.25. The minimum atomic E-state index is -0.238. The number of aromatic nitrogens is 3. The molecule has 0 spiro atoms. The number of para-hydroxylation sites is 1. The topological polar surface area (TPSA) is 91.2 Å². The molecule has 144 valence electrons. The molecule has 2 N–H and O–H groups in total. The van der Waals surface area contributed by atoms with E-state index in [1.54, 1.807) is 22.8 Å². The number of hydrogen-bond donors (Lipinski definition) is 2. The Kier molecular flexibility index (Phi) is 4.97. The standard InChI is InChI=1S/C21H22N4O3/c26-18-8-4-5-16(14-18)20(27)24-11-9-15(10-12-24)13-19-22-23-21(28)25(19)17-6-2-1-3-7-17/h1-8,14-15,26H,9-13H2,(H,23,28). The molecule has 4 rings (SSSR count). The summed E-state index contributed by atoms with van der Waals surface area (Å²) in [7, 11) is 0. The number of aromatic amines is 1. The molecule has 0 unspecified atom stereocenters. The Balaban J connectivity index is 1.42. The highest BCUT2D eigenvalue weighted by atomic mass is 16.3. The van der Waals surface area contributed by atoms with Crippen molar-refractivity contribution in [3.05, 3.63) is 76.5 Å². The van der Waals surface area contributed by atoms with Crippen molar-refractivity contribution in [2.75, 3.05) is 13.1 Å². The monoisotopic (exact) mass is 378 g/mol. The Bertz CT molecular complexity index is 1020. The summed E-state index contributed by atoms with van der Waals surface area (Å²) in [6.07, 6.45) is 2.38. The van der Waals surface area contributed by atoms with Crippen molar-refractivity contribution < 1.29 is 9.90 Å². The fourth-order valence-electron chi connectivity index (χ4n) is 3.73. The Morgan fingerprint density at radius 2 is 1.86 bits per heavy atom. The minimum absolute atomic E-state index is 0.0599. The molecule has 7 heteroatoms. The summed E-state index contributed by atoms with van der Waals surface area (Å²) in [5.41, 5.74) is 1.06. The summed E-state index contributed by atoms with van der Waals surface area (Å²) in [6, 6.07) is 15.9. The normalized spacial score (nSPS) is 14.9. The van der Waals surface area contributed by atoms with E-state index in [2.05, 4.69) is 10.2 Å². The third kappa shape index (κ3) is 3.69. The van der Waals surface area contributed by atoms with Crippen molar-refractivity contribution in [1.82, 2.24) is 19.7 Å². The molecule has 1 aromatic heterocycles. The van der Waals surface area contributed by atoms with E-state index in [4.69, 9.17) is 0 Å². The van der Waals surface area contributed by atoms with Crippen LogP contribution in [0.4, 0.5) is 0 Å². The smallest absolute Gasteiger partial charge is 0.347 e. The van der Waals surface area contributed by atoms with Gasteiger partial charge in [-0.25, -0.2) is 14.5 Å². The van der Waals surface area contributed by atoms with Gasteiger partial charge in [0.05, 0.1) is 5.69 Å². The maximum Gasteiger partial charge on any atom is 0.347 e. The van der Waals surface area contributed by atoms with E-state index in [9.17, 15) is 14.7 Å². The first-order valence-electron chi connectivity index (χ1n) is 9.42. The summed E-state index contributed by atoms with van der Waals surface area (Å²) in [4.78, 5) is 26.6. The van der Waals surface area contributed by atoms with Crippen molar-refractivity contribution in [2.24, 2.45) is 5.92 Å². The summed E-state index contributed by atoms with van der Waals surface area (Å²) < 4.78 is 1.62. The third-order valence-corrected chi connectivity index (χ3v) is 5.22. The number of H-pyrrole nitrogens is 1. The van der Waals surface area contributed by atoms with Crippen LogP contribution in [-0.2, 0) is 6.42 Å². The molecule has 2 heterocycles. The first-order valence-corrected chi connectivity index (χ1v) is 9.42. The largest absolute Gasteiger partial charge is 0.508 e. The van der Waals surface area contributed by atoms with E-state index in [1.165, 1.54) is 6.07 Å². The molecule has 28 heavy (non-hydrogen) atoms. The van der Waals surface area contributed by atoms with E-state index < -0.39 is 0 Å². The number of hydrogen-bond acceptors (Lipinski definition) is 4. The number of carbonyl (C=O) groups excluding carboxylic acids is 1. The van der Waals surface area contributed by atoms with Crippen LogP contribution in [-0.4, -0.2) is 43.8 Å². The number of rotatable bonds is 4. The van der Waals surface area contributed by atoms with Crippen LogP contribution >= 0.6 is 0 Å². The van der Waals surface area contributed by atoms with Crippen molar-refractivity contribution in [3.63, 3.8) is 0 Å². The lowest BCUT2D eigenvalue weighted by molar-refractivity contribution is 0.0689. The number of piperidine rings is 1. The van der Waals surface area contributed by atoms with Crippen LogP contribution < -0.4 is 5.69 Å².